The second kappa shape index (κ2) is 8.80. The van der Waals surface area contributed by atoms with Gasteiger partial charge in [0.25, 0.3) is 0 Å². The monoisotopic (exact) mass is 436 g/mol. The molecule has 0 aliphatic rings. The summed E-state index contributed by atoms with van der Waals surface area (Å²) in [5, 5.41) is 3.07. The van der Waals surface area contributed by atoms with Crippen molar-refractivity contribution in [1.29, 1.82) is 0 Å². The van der Waals surface area contributed by atoms with E-state index in [1.807, 2.05) is 0 Å². The quantitative estimate of drug-likeness (QED) is 0.690. The van der Waals surface area contributed by atoms with Crippen LogP contribution in [-0.2, 0) is 14.8 Å². The lowest BCUT2D eigenvalue weighted by Gasteiger charge is -2.11. The van der Waals surface area contributed by atoms with Gasteiger partial charge >= 0.3 is 6.36 Å². The molecule has 2 aromatic carbocycles. The Balaban J connectivity index is 1.90. The number of carbonyl (C=O) groups is 1. The first-order valence-electron chi connectivity index (χ1n) is 7.88. The van der Waals surface area contributed by atoms with Crippen LogP contribution in [-0.4, -0.2) is 27.2 Å². The molecule has 0 aromatic heterocycles. The molecule has 0 heterocycles. The van der Waals surface area contributed by atoms with Crippen molar-refractivity contribution >= 4 is 33.2 Å². The van der Waals surface area contributed by atoms with E-state index in [2.05, 4.69) is 14.8 Å². The molecule has 0 saturated carbocycles. The summed E-state index contributed by atoms with van der Waals surface area (Å²) < 4.78 is 66.5. The van der Waals surface area contributed by atoms with E-state index in [1.165, 1.54) is 0 Å². The van der Waals surface area contributed by atoms with Crippen molar-refractivity contribution in [3.8, 4) is 5.75 Å². The summed E-state index contributed by atoms with van der Waals surface area (Å²) in [6.45, 7) is 1.58. The Hall–Kier alpha value is -2.30. The molecule has 0 fully saturated rings. The zero-order valence-electron chi connectivity index (χ0n) is 14.5. The first kappa shape index (κ1) is 22.0. The maximum absolute atomic E-state index is 12.1. The Kier molecular flexibility index (Phi) is 6.91. The van der Waals surface area contributed by atoms with Gasteiger partial charge in [0.1, 0.15) is 5.75 Å². The summed E-state index contributed by atoms with van der Waals surface area (Å²) in [6.07, 6.45) is -5.02. The minimum Gasteiger partial charge on any atom is -0.406 e. The fraction of sp³-hybridized carbons (Fsp3) is 0.235. The molecule has 28 heavy (non-hydrogen) atoms. The Morgan fingerprint density at radius 2 is 1.79 bits per heavy atom. The van der Waals surface area contributed by atoms with E-state index in [0.717, 1.165) is 29.8 Å². The van der Waals surface area contributed by atoms with Gasteiger partial charge in [-0.25, -0.2) is 13.1 Å². The highest BCUT2D eigenvalue weighted by atomic mass is 35.5. The fourth-order valence-corrected chi connectivity index (χ4v) is 3.35. The lowest BCUT2D eigenvalue weighted by atomic mass is 10.2. The molecule has 2 rings (SSSR count). The fourth-order valence-electron chi connectivity index (χ4n) is 2.14. The number of aryl methyl sites for hydroxylation is 1. The molecule has 0 aliphatic carbocycles. The van der Waals surface area contributed by atoms with Gasteiger partial charge in [0, 0.05) is 23.7 Å². The molecule has 0 aliphatic heterocycles. The van der Waals surface area contributed by atoms with Crippen molar-refractivity contribution in [2.45, 2.75) is 24.6 Å². The molecule has 2 N–H and O–H groups in total. The highest BCUT2D eigenvalue weighted by Crippen LogP contribution is 2.24. The van der Waals surface area contributed by atoms with Crippen LogP contribution in [0.3, 0.4) is 0 Å². The number of sulfonamides is 1. The SMILES string of the molecule is Cc1ccc(Cl)cc1NC(=O)CCNS(=O)(=O)c1ccc(OC(F)(F)F)cc1. The number of halogens is 4. The van der Waals surface area contributed by atoms with Crippen molar-refractivity contribution in [1.82, 2.24) is 4.72 Å². The van der Waals surface area contributed by atoms with Crippen molar-refractivity contribution in [2.24, 2.45) is 0 Å². The molecule has 0 saturated heterocycles. The van der Waals surface area contributed by atoms with Gasteiger partial charge < -0.3 is 10.1 Å². The number of ether oxygens (including phenoxy) is 1. The maximum atomic E-state index is 12.1. The van der Waals surface area contributed by atoms with E-state index in [1.54, 1.807) is 25.1 Å². The smallest absolute Gasteiger partial charge is 0.406 e. The van der Waals surface area contributed by atoms with E-state index in [-0.39, 0.29) is 17.9 Å². The number of alkyl halides is 3. The van der Waals surface area contributed by atoms with Crippen molar-refractivity contribution < 1.29 is 31.1 Å². The van der Waals surface area contributed by atoms with Crippen LogP contribution < -0.4 is 14.8 Å². The number of anilines is 1. The molecule has 0 spiro atoms. The van der Waals surface area contributed by atoms with Gasteiger partial charge in [0.15, 0.2) is 0 Å². The van der Waals surface area contributed by atoms with Crippen LogP contribution in [0.4, 0.5) is 18.9 Å². The minimum atomic E-state index is -4.87. The number of benzene rings is 2. The Morgan fingerprint density at radius 3 is 2.39 bits per heavy atom. The number of rotatable bonds is 7. The van der Waals surface area contributed by atoms with E-state index >= 15 is 0 Å². The highest BCUT2D eigenvalue weighted by molar-refractivity contribution is 7.89. The van der Waals surface area contributed by atoms with E-state index in [9.17, 15) is 26.4 Å². The van der Waals surface area contributed by atoms with Crippen LogP contribution in [0.1, 0.15) is 12.0 Å². The van der Waals surface area contributed by atoms with Crippen molar-refractivity contribution in [3.05, 3.63) is 53.1 Å². The van der Waals surface area contributed by atoms with Gasteiger partial charge in [-0.05, 0) is 48.9 Å². The van der Waals surface area contributed by atoms with Gasteiger partial charge in [-0.2, -0.15) is 0 Å². The molecule has 0 atom stereocenters. The third-order valence-corrected chi connectivity index (χ3v) is 5.20. The van der Waals surface area contributed by atoms with Gasteiger partial charge in [-0.1, -0.05) is 17.7 Å². The molecule has 11 heteroatoms. The number of hydrogen-bond acceptors (Lipinski definition) is 4. The lowest BCUT2D eigenvalue weighted by molar-refractivity contribution is -0.274. The number of carbonyl (C=O) groups excluding carboxylic acids is 1. The molecule has 2 aromatic rings. The van der Waals surface area contributed by atoms with Crippen molar-refractivity contribution in [3.63, 3.8) is 0 Å². The third-order valence-electron chi connectivity index (χ3n) is 3.49. The summed E-state index contributed by atoms with van der Waals surface area (Å²) in [5.74, 6) is -0.968. The van der Waals surface area contributed by atoms with Gasteiger partial charge in [-0.3, -0.25) is 4.79 Å². The molecule has 0 bridgehead atoms. The minimum absolute atomic E-state index is 0.152. The summed E-state index contributed by atoms with van der Waals surface area (Å²) >= 11 is 5.86. The van der Waals surface area contributed by atoms with Gasteiger partial charge in [0.2, 0.25) is 15.9 Å². The first-order chi connectivity index (χ1) is 13.0. The van der Waals surface area contributed by atoms with Gasteiger partial charge in [-0.15, -0.1) is 13.2 Å². The van der Waals surface area contributed by atoms with Crippen LogP contribution >= 0.6 is 11.6 Å². The zero-order chi connectivity index (χ0) is 20.9. The Morgan fingerprint density at radius 1 is 1.14 bits per heavy atom. The first-order valence-corrected chi connectivity index (χ1v) is 9.74. The van der Waals surface area contributed by atoms with Gasteiger partial charge in [0.05, 0.1) is 4.90 Å². The van der Waals surface area contributed by atoms with E-state index in [0.29, 0.717) is 10.7 Å². The second-order valence-electron chi connectivity index (χ2n) is 5.67. The Labute approximate surface area is 164 Å². The zero-order valence-corrected chi connectivity index (χ0v) is 16.1. The summed E-state index contributed by atoms with van der Waals surface area (Å²) in [6, 6.07) is 8.69. The Bertz CT molecular complexity index is 948. The summed E-state index contributed by atoms with van der Waals surface area (Å²) in [4.78, 5) is 11.7. The average molecular weight is 437 g/mol. The molecule has 0 radical (unpaired) electrons. The number of amides is 1. The highest BCUT2D eigenvalue weighted by Gasteiger charge is 2.31. The maximum Gasteiger partial charge on any atom is 0.573 e. The standard InChI is InChI=1S/C17H16ClF3N2O4S/c1-11-2-3-12(18)10-15(11)23-16(24)8-9-22-28(25,26)14-6-4-13(5-7-14)27-17(19,20)21/h2-7,10,22H,8-9H2,1H3,(H,23,24). The summed E-state index contributed by atoms with van der Waals surface area (Å²) in [5.41, 5.74) is 1.31. The van der Waals surface area contributed by atoms with Crippen molar-refractivity contribution in [2.75, 3.05) is 11.9 Å². The molecule has 6 nitrogen and oxygen atoms in total. The van der Waals surface area contributed by atoms with Crippen LogP contribution in [0.25, 0.3) is 0 Å². The lowest BCUT2D eigenvalue weighted by Crippen LogP contribution is -2.28. The third kappa shape index (κ3) is 6.70. The average Bonchev–Trinajstić information content (AvgIpc) is 2.57. The number of nitrogens with one attached hydrogen (secondary N) is 2. The van der Waals surface area contributed by atoms with Crippen LogP contribution in [0.5, 0.6) is 5.75 Å². The van der Waals surface area contributed by atoms with E-state index in [4.69, 9.17) is 11.6 Å². The predicted molar refractivity (Wildman–Crippen MR) is 97.7 cm³/mol. The predicted octanol–water partition coefficient (Wildman–Crippen LogP) is 3.85. The van der Waals surface area contributed by atoms with E-state index < -0.39 is 28.0 Å². The molecule has 0 unspecified atom stereocenters. The topological polar surface area (TPSA) is 84.5 Å². The normalized spacial score (nSPS) is 11.9. The molecule has 152 valence electrons. The largest absolute Gasteiger partial charge is 0.573 e. The summed E-state index contributed by atoms with van der Waals surface area (Å²) in [7, 11) is -3.99. The molecular formula is C17H16ClF3N2O4S. The van der Waals surface area contributed by atoms with Crippen LogP contribution in [0, 0.1) is 6.92 Å². The molecule has 1 amide bonds. The number of hydrogen-bond donors (Lipinski definition) is 2. The van der Waals surface area contributed by atoms with Crippen LogP contribution in [0.2, 0.25) is 5.02 Å². The van der Waals surface area contributed by atoms with Crippen LogP contribution in [0.15, 0.2) is 47.4 Å². The molecular weight excluding hydrogens is 421 g/mol. The second-order valence-corrected chi connectivity index (χ2v) is 7.88.